The number of likely N-dealkylation sites (tertiary alicyclic amines) is 2. The van der Waals surface area contributed by atoms with Gasteiger partial charge in [-0.3, -0.25) is 14.7 Å². The maximum absolute atomic E-state index is 12.8. The molecule has 3 heterocycles. The van der Waals surface area contributed by atoms with Gasteiger partial charge < -0.3 is 15.0 Å². The zero-order valence-electron chi connectivity index (χ0n) is 20.1. The Hall–Kier alpha value is -2.77. The third kappa shape index (κ3) is 6.21. The van der Waals surface area contributed by atoms with Crippen LogP contribution in [0.2, 0.25) is 0 Å². The first-order chi connectivity index (χ1) is 16.7. The molecule has 34 heavy (non-hydrogen) atoms. The predicted molar refractivity (Wildman–Crippen MR) is 131 cm³/mol. The van der Waals surface area contributed by atoms with E-state index in [9.17, 15) is 9.59 Å². The lowest BCUT2D eigenvalue weighted by molar-refractivity contribution is -0.130. The van der Waals surface area contributed by atoms with Crippen LogP contribution >= 0.6 is 0 Å². The Bertz CT molecular complexity index is 929. The van der Waals surface area contributed by atoms with Crippen molar-refractivity contribution in [2.75, 3.05) is 33.3 Å². The summed E-state index contributed by atoms with van der Waals surface area (Å²) in [4.78, 5) is 33.4. The van der Waals surface area contributed by atoms with E-state index in [1.165, 1.54) is 31.9 Å². The van der Waals surface area contributed by atoms with Crippen LogP contribution in [-0.2, 0) is 16.1 Å². The number of pyridine rings is 1. The second-order valence-electron chi connectivity index (χ2n) is 9.29. The molecular weight excluding hydrogens is 428 g/mol. The number of hydrogen-bond acceptors (Lipinski definition) is 6. The van der Waals surface area contributed by atoms with Gasteiger partial charge in [-0.05, 0) is 74.6 Å². The number of esters is 1. The minimum absolute atomic E-state index is 0.208. The largest absolute Gasteiger partial charge is 0.465 e. The molecule has 1 N–H and O–H groups in total. The molecular formula is C27H36N4O3. The van der Waals surface area contributed by atoms with E-state index in [-0.39, 0.29) is 24.0 Å². The topological polar surface area (TPSA) is 74.8 Å². The van der Waals surface area contributed by atoms with Crippen molar-refractivity contribution >= 4 is 11.9 Å². The summed E-state index contributed by atoms with van der Waals surface area (Å²) in [7, 11) is 1.39. The molecule has 0 radical (unpaired) electrons. The number of amides is 1. The van der Waals surface area contributed by atoms with Crippen molar-refractivity contribution in [2.24, 2.45) is 0 Å². The average Bonchev–Trinajstić information content (AvgIpc) is 3.24. The summed E-state index contributed by atoms with van der Waals surface area (Å²) in [5, 5.41) is 3.50. The van der Waals surface area contributed by atoms with Gasteiger partial charge in [0, 0.05) is 37.9 Å². The minimum atomic E-state index is -0.320. The maximum atomic E-state index is 12.8. The Balaban J connectivity index is 1.32. The molecule has 0 aliphatic carbocycles. The van der Waals surface area contributed by atoms with Crippen LogP contribution in [0.25, 0.3) is 0 Å². The van der Waals surface area contributed by atoms with Crippen molar-refractivity contribution in [2.45, 2.75) is 57.2 Å². The molecule has 1 amide bonds. The number of carbonyl (C=O) groups is 2. The first-order valence-corrected chi connectivity index (χ1v) is 12.5. The molecule has 2 aliphatic rings. The SMILES string of the molecule is COC(=O)c1ccc(CNCC[C@H]2CCC(=O)N2C[C@@H](c2cccnc2)N2CCCCC2)cc1. The molecule has 2 saturated heterocycles. The second-order valence-corrected chi connectivity index (χ2v) is 9.29. The van der Waals surface area contributed by atoms with Crippen LogP contribution in [0.3, 0.4) is 0 Å². The van der Waals surface area contributed by atoms with Crippen LogP contribution in [0.5, 0.6) is 0 Å². The molecule has 0 bridgehead atoms. The van der Waals surface area contributed by atoms with Crippen molar-refractivity contribution in [3.05, 3.63) is 65.5 Å². The number of ether oxygens (including phenoxy) is 1. The van der Waals surface area contributed by atoms with Crippen molar-refractivity contribution in [1.29, 1.82) is 0 Å². The van der Waals surface area contributed by atoms with Crippen LogP contribution in [0.1, 0.15) is 66.1 Å². The lowest BCUT2D eigenvalue weighted by Crippen LogP contribution is -2.44. The van der Waals surface area contributed by atoms with Crippen LogP contribution in [-0.4, -0.2) is 66.0 Å². The molecule has 4 rings (SSSR count). The van der Waals surface area contributed by atoms with Gasteiger partial charge in [-0.2, -0.15) is 0 Å². The number of carbonyl (C=O) groups excluding carboxylic acids is 2. The van der Waals surface area contributed by atoms with Crippen LogP contribution in [0.4, 0.5) is 0 Å². The molecule has 182 valence electrons. The first kappa shape index (κ1) is 24.4. The number of rotatable bonds is 10. The van der Waals surface area contributed by atoms with Gasteiger partial charge in [-0.15, -0.1) is 0 Å². The summed E-state index contributed by atoms with van der Waals surface area (Å²) in [5.41, 5.74) is 2.88. The molecule has 2 aliphatic heterocycles. The Morgan fingerprint density at radius 2 is 1.97 bits per heavy atom. The van der Waals surface area contributed by atoms with E-state index in [1.807, 2.05) is 30.6 Å². The Labute approximate surface area is 202 Å². The summed E-state index contributed by atoms with van der Waals surface area (Å²) in [6.07, 6.45) is 10.0. The van der Waals surface area contributed by atoms with E-state index in [4.69, 9.17) is 4.74 Å². The van der Waals surface area contributed by atoms with Crippen molar-refractivity contribution in [1.82, 2.24) is 20.1 Å². The number of nitrogens with zero attached hydrogens (tertiary/aromatic N) is 3. The van der Waals surface area contributed by atoms with Gasteiger partial charge in [-0.25, -0.2) is 4.79 Å². The highest BCUT2D eigenvalue weighted by Gasteiger charge is 2.34. The lowest BCUT2D eigenvalue weighted by atomic mass is 10.0. The summed E-state index contributed by atoms with van der Waals surface area (Å²) >= 11 is 0. The second kappa shape index (κ2) is 12.1. The summed E-state index contributed by atoms with van der Waals surface area (Å²) in [5.74, 6) is -0.0473. The molecule has 0 unspecified atom stereocenters. The Morgan fingerprint density at radius 3 is 2.68 bits per heavy atom. The summed E-state index contributed by atoms with van der Waals surface area (Å²) in [6, 6.07) is 12.1. The van der Waals surface area contributed by atoms with Crippen molar-refractivity contribution < 1.29 is 14.3 Å². The van der Waals surface area contributed by atoms with Gasteiger partial charge in [0.05, 0.1) is 18.7 Å². The van der Waals surface area contributed by atoms with Gasteiger partial charge in [0.1, 0.15) is 0 Å². The molecule has 0 spiro atoms. The molecule has 7 nitrogen and oxygen atoms in total. The van der Waals surface area contributed by atoms with Crippen molar-refractivity contribution in [3.8, 4) is 0 Å². The van der Waals surface area contributed by atoms with E-state index in [0.29, 0.717) is 12.0 Å². The van der Waals surface area contributed by atoms with Crippen LogP contribution in [0.15, 0.2) is 48.8 Å². The predicted octanol–water partition coefficient (Wildman–Crippen LogP) is 3.57. The van der Waals surface area contributed by atoms with Crippen LogP contribution < -0.4 is 5.32 Å². The third-order valence-corrected chi connectivity index (χ3v) is 7.08. The number of nitrogens with one attached hydrogen (secondary N) is 1. The normalized spacial score (nSPS) is 19.9. The van der Waals surface area contributed by atoms with E-state index < -0.39 is 0 Å². The Morgan fingerprint density at radius 1 is 1.18 bits per heavy atom. The van der Waals surface area contributed by atoms with Gasteiger partial charge in [0.15, 0.2) is 0 Å². The average molecular weight is 465 g/mol. The third-order valence-electron chi connectivity index (χ3n) is 7.08. The first-order valence-electron chi connectivity index (χ1n) is 12.5. The summed E-state index contributed by atoms with van der Waals surface area (Å²) < 4.78 is 4.75. The molecule has 2 atom stereocenters. The fourth-order valence-electron chi connectivity index (χ4n) is 5.14. The molecule has 0 saturated carbocycles. The number of methoxy groups -OCH3 is 1. The van der Waals surface area contributed by atoms with E-state index >= 15 is 0 Å². The standard InChI is InChI=1S/C27H36N4O3/c1-34-27(33)22-9-7-21(8-10-22)18-29-15-13-24-11-12-26(32)31(24)20-25(23-6-5-14-28-19-23)30-16-3-2-4-17-30/h5-10,14,19,24-25,29H,2-4,11-13,15-18,20H2,1H3/t24-,25+/m1/s1. The van der Waals surface area contributed by atoms with Gasteiger partial charge in [0.2, 0.25) is 5.91 Å². The highest BCUT2D eigenvalue weighted by atomic mass is 16.5. The smallest absolute Gasteiger partial charge is 0.337 e. The zero-order valence-corrected chi connectivity index (χ0v) is 20.1. The Kier molecular flexibility index (Phi) is 8.66. The number of hydrogen-bond donors (Lipinski definition) is 1. The molecule has 7 heteroatoms. The monoisotopic (exact) mass is 464 g/mol. The number of aromatic nitrogens is 1. The molecule has 2 fully saturated rings. The fourth-order valence-corrected chi connectivity index (χ4v) is 5.14. The lowest BCUT2D eigenvalue weighted by Gasteiger charge is -2.38. The molecule has 1 aromatic heterocycles. The van der Waals surface area contributed by atoms with Gasteiger partial charge in [0.25, 0.3) is 0 Å². The summed E-state index contributed by atoms with van der Waals surface area (Å²) in [6.45, 7) is 4.48. The highest BCUT2D eigenvalue weighted by molar-refractivity contribution is 5.89. The molecule has 1 aromatic carbocycles. The highest BCUT2D eigenvalue weighted by Crippen LogP contribution is 2.30. The number of piperidine rings is 1. The van der Waals surface area contributed by atoms with E-state index in [2.05, 4.69) is 26.2 Å². The van der Waals surface area contributed by atoms with E-state index in [0.717, 1.165) is 51.1 Å². The fraction of sp³-hybridized carbons (Fsp3) is 0.519. The maximum Gasteiger partial charge on any atom is 0.337 e. The van der Waals surface area contributed by atoms with Gasteiger partial charge >= 0.3 is 5.97 Å². The number of benzene rings is 1. The van der Waals surface area contributed by atoms with Crippen LogP contribution in [0, 0.1) is 0 Å². The minimum Gasteiger partial charge on any atom is -0.465 e. The molecule has 2 aromatic rings. The van der Waals surface area contributed by atoms with Gasteiger partial charge in [-0.1, -0.05) is 24.6 Å². The quantitative estimate of drug-likeness (QED) is 0.428. The van der Waals surface area contributed by atoms with E-state index in [1.54, 1.807) is 12.1 Å². The van der Waals surface area contributed by atoms with Crippen molar-refractivity contribution in [3.63, 3.8) is 0 Å². The zero-order chi connectivity index (χ0) is 23.8.